The molecule has 9 heteroatoms. The number of methoxy groups -OCH3 is 1. The number of ether oxygens (including phenoxy) is 2. The molecule has 0 atom stereocenters. The summed E-state index contributed by atoms with van der Waals surface area (Å²) in [5.41, 5.74) is 1.02. The zero-order valence-electron chi connectivity index (χ0n) is 15.6. The first-order valence-corrected chi connectivity index (χ1v) is 8.87. The summed E-state index contributed by atoms with van der Waals surface area (Å²) >= 11 is 6.13. The van der Waals surface area contributed by atoms with Gasteiger partial charge < -0.3 is 19.2 Å². The fourth-order valence-corrected chi connectivity index (χ4v) is 2.88. The van der Waals surface area contributed by atoms with Crippen molar-refractivity contribution in [3.8, 4) is 11.5 Å². The van der Waals surface area contributed by atoms with E-state index in [-0.39, 0.29) is 29.5 Å². The molecule has 8 nitrogen and oxygen atoms in total. The van der Waals surface area contributed by atoms with Gasteiger partial charge in [0.2, 0.25) is 0 Å². The Bertz CT molecular complexity index is 1040. The van der Waals surface area contributed by atoms with Gasteiger partial charge in [-0.25, -0.2) is 0 Å². The highest BCUT2D eigenvalue weighted by molar-refractivity contribution is 6.32. The molecule has 0 spiro atoms. The summed E-state index contributed by atoms with van der Waals surface area (Å²) < 4.78 is 16.3. The molecule has 3 aromatic rings. The smallest absolute Gasteiger partial charge is 0.291 e. The number of hydrogen-bond donors (Lipinski definition) is 1. The van der Waals surface area contributed by atoms with Crippen LogP contribution >= 0.6 is 11.6 Å². The van der Waals surface area contributed by atoms with Crippen LogP contribution in [-0.4, -0.2) is 17.9 Å². The van der Waals surface area contributed by atoms with Crippen molar-refractivity contribution in [2.45, 2.75) is 13.5 Å². The normalized spacial score (nSPS) is 10.4. The minimum Gasteiger partial charge on any atom is -0.494 e. The Morgan fingerprint density at radius 3 is 2.72 bits per heavy atom. The van der Waals surface area contributed by atoms with Gasteiger partial charge in [-0.1, -0.05) is 23.7 Å². The van der Waals surface area contributed by atoms with E-state index in [4.69, 9.17) is 25.5 Å². The van der Waals surface area contributed by atoms with Crippen molar-refractivity contribution in [1.29, 1.82) is 0 Å². The molecule has 150 valence electrons. The van der Waals surface area contributed by atoms with E-state index in [0.717, 1.165) is 5.56 Å². The Hall–Kier alpha value is -3.52. The summed E-state index contributed by atoms with van der Waals surface area (Å²) in [7, 11) is 1.35. The molecule has 1 N–H and O–H groups in total. The van der Waals surface area contributed by atoms with Crippen molar-refractivity contribution in [3.63, 3.8) is 0 Å². The lowest BCUT2D eigenvalue weighted by Gasteiger charge is -2.10. The van der Waals surface area contributed by atoms with E-state index in [1.165, 1.54) is 31.4 Å². The third-order valence-electron chi connectivity index (χ3n) is 4.05. The largest absolute Gasteiger partial charge is 0.494 e. The van der Waals surface area contributed by atoms with E-state index in [1.807, 2.05) is 19.1 Å². The molecule has 0 aliphatic heterocycles. The molecule has 2 aromatic carbocycles. The first-order chi connectivity index (χ1) is 13.9. The molecule has 0 fully saturated rings. The number of aryl methyl sites for hydroxylation is 1. The molecule has 0 saturated carbocycles. The van der Waals surface area contributed by atoms with Gasteiger partial charge in [-0.3, -0.25) is 14.9 Å². The predicted octanol–water partition coefficient (Wildman–Crippen LogP) is 4.99. The molecule has 0 aliphatic rings. The van der Waals surface area contributed by atoms with Crippen LogP contribution in [0.5, 0.6) is 11.5 Å². The zero-order chi connectivity index (χ0) is 21.0. The quantitative estimate of drug-likeness (QED) is 0.429. The van der Waals surface area contributed by atoms with Gasteiger partial charge in [0.25, 0.3) is 11.6 Å². The van der Waals surface area contributed by atoms with E-state index >= 15 is 0 Å². The van der Waals surface area contributed by atoms with E-state index in [1.54, 1.807) is 12.1 Å². The highest BCUT2D eigenvalue weighted by atomic mass is 35.5. The van der Waals surface area contributed by atoms with Gasteiger partial charge in [-0.15, -0.1) is 0 Å². The topological polar surface area (TPSA) is 104 Å². The predicted molar refractivity (Wildman–Crippen MR) is 107 cm³/mol. The fraction of sp³-hybridized carbons (Fsp3) is 0.150. The molecule has 0 radical (unpaired) electrons. The Labute approximate surface area is 171 Å². The molecule has 0 saturated heterocycles. The Morgan fingerprint density at radius 1 is 1.24 bits per heavy atom. The second-order valence-electron chi connectivity index (χ2n) is 6.04. The summed E-state index contributed by atoms with van der Waals surface area (Å²) in [6.07, 6.45) is 0. The van der Waals surface area contributed by atoms with Crippen molar-refractivity contribution in [1.82, 2.24) is 0 Å². The number of benzene rings is 2. The maximum Gasteiger partial charge on any atom is 0.291 e. The minimum atomic E-state index is -0.548. The van der Waals surface area contributed by atoms with Gasteiger partial charge in [0.1, 0.15) is 23.9 Å². The van der Waals surface area contributed by atoms with E-state index < -0.39 is 10.8 Å². The number of amides is 1. The third kappa shape index (κ3) is 4.67. The fourth-order valence-electron chi connectivity index (χ4n) is 2.60. The molecule has 29 heavy (non-hydrogen) atoms. The molecule has 0 aliphatic carbocycles. The summed E-state index contributed by atoms with van der Waals surface area (Å²) in [5.74, 6) is 0.673. The van der Waals surface area contributed by atoms with Crippen LogP contribution in [0.15, 0.2) is 52.9 Å². The van der Waals surface area contributed by atoms with Crippen LogP contribution in [-0.2, 0) is 6.61 Å². The van der Waals surface area contributed by atoms with Crippen LogP contribution in [0.4, 0.5) is 11.4 Å². The molecule has 1 heterocycles. The minimum absolute atomic E-state index is 0.0555. The first-order valence-electron chi connectivity index (χ1n) is 8.49. The third-order valence-corrected chi connectivity index (χ3v) is 4.35. The van der Waals surface area contributed by atoms with Gasteiger partial charge in [-0.05, 0) is 36.8 Å². The van der Waals surface area contributed by atoms with Gasteiger partial charge in [-0.2, -0.15) is 0 Å². The number of halogens is 1. The van der Waals surface area contributed by atoms with Gasteiger partial charge in [0, 0.05) is 6.07 Å². The van der Waals surface area contributed by atoms with E-state index in [9.17, 15) is 14.9 Å². The average molecular weight is 417 g/mol. The second-order valence-corrected chi connectivity index (χ2v) is 6.44. The monoisotopic (exact) mass is 416 g/mol. The molecule has 1 aromatic heterocycles. The standard InChI is InChI=1S/C20H17ClN2O6/c1-12-4-3-5-15(21)19(12)28-11-14-7-9-17(29-14)20(24)22-16-8-6-13(23(25)26)10-18(16)27-2/h3-10H,11H2,1-2H3,(H,22,24). The number of hydrogen-bond acceptors (Lipinski definition) is 6. The van der Waals surface area contributed by atoms with E-state index in [0.29, 0.717) is 16.5 Å². The second kappa shape index (κ2) is 8.66. The lowest BCUT2D eigenvalue weighted by Crippen LogP contribution is -2.12. The number of nitrogens with zero attached hydrogens (tertiary/aromatic N) is 1. The zero-order valence-corrected chi connectivity index (χ0v) is 16.4. The first kappa shape index (κ1) is 20.2. The lowest BCUT2D eigenvalue weighted by molar-refractivity contribution is -0.384. The Morgan fingerprint density at radius 2 is 2.03 bits per heavy atom. The molecule has 0 unspecified atom stereocenters. The molecular weight excluding hydrogens is 400 g/mol. The molecular formula is C20H17ClN2O6. The molecule has 0 bridgehead atoms. The van der Waals surface area contributed by atoms with Gasteiger partial charge in [0.15, 0.2) is 5.76 Å². The van der Waals surface area contributed by atoms with E-state index in [2.05, 4.69) is 5.32 Å². The van der Waals surface area contributed by atoms with Gasteiger partial charge >= 0.3 is 0 Å². The van der Waals surface area contributed by atoms with Crippen LogP contribution < -0.4 is 14.8 Å². The number of para-hydroxylation sites is 1. The van der Waals surface area contributed by atoms with Crippen LogP contribution in [0.1, 0.15) is 21.9 Å². The molecule has 1 amide bonds. The van der Waals surface area contributed by atoms with Crippen molar-refractivity contribution in [2.75, 3.05) is 12.4 Å². The van der Waals surface area contributed by atoms with Crippen molar-refractivity contribution >= 4 is 28.9 Å². The number of nitro groups is 1. The van der Waals surface area contributed by atoms with Crippen LogP contribution in [0.25, 0.3) is 0 Å². The summed E-state index contributed by atoms with van der Waals surface area (Å²) in [5, 5.41) is 14.0. The summed E-state index contributed by atoms with van der Waals surface area (Å²) in [6.45, 7) is 1.97. The number of rotatable bonds is 7. The number of non-ortho nitro benzene ring substituents is 1. The highest BCUT2D eigenvalue weighted by Crippen LogP contribution is 2.30. The molecule has 3 rings (SSSR count). The highest BCUT2D eigenvalue weighted by Gasteiger charge is 2.17. The number of nitrogens with one attached hydrogen (secondary N) is 1. The Balaban J connectivity index is 1.69. The lowest BCUT2D eigenvalue weighted by atomic mass is 10.2. The number of anilines is 1. The van der Waals surface area contributed by atoms with Crippen LogP contribution in [0, 0.1) is 17.0 Å². The van der Waals surface area contributed by atoms with Crippen molar-refractivity contribution in [3.05, 3.63) is 80.8 Å². The van der Waals surface area contributed by atoms with Crippen molar-refractivity contribution < 1.29 is 23.6 Å². The SMILES string of the molecule is COc1cc([N+](=O)[O-])ccc1NC(=O)c1ccc(COc2c(C)cccc2Cl)o1. The maximum atomic E-state index is 12.4. The van der Waals surface area contributed by atoms with Gasteiger partial charge in [0.05, 0.1) is 28.8 Å². The number of carbonyl (C=O) groups is 1. The maximum absolute atomic E-state index is 12.4. The summed E-state index contributed by atoms with van der Waals surface area (Å²) in [6, 6.07) is 12.4. The number of carbonyl (C=O) groups excluding carboxylic acids is 1. The van der Waals surface area contributed by atoms with Crippen molar-refractivity contribution in [2.24, 2.45) is 0 Å². The summed E-state index contributed by atoms with van der Waals surface area (Å²) in [4.78, 5) is 22.8. The number of furan rings is 1. The average Bonchev–Trinajstić information content (AvgIpc) is 3.17. The number of nitro benzene ring substituents is 1. The van der Waals surface area contributed by atoms with Crippen LogP contribution in [0.2, 0.25) is 5.02 Å². The van der Waals surface area contributed by atoms with Crippen LogP contribution in [0.3, 0.4) is 0 Å². The Kier molecular flexibility index (Phi) is 6.04.